The van der Waals surface area contributed by atoms with Crippen LogP contribution in [-0.2, 0) is 11.2 Å². The summed E-state index contributed by atoms with van der Waals surface area (Å²) < 4.78 is 5.21. The molecule has 0 amide bonds. The van der Waals surface area contributed by atoms with Gasteiger partial charge in [-0.3, -0.25) is 4.79 Å². The first-order chi connectivity index (χ1) is 8.24. The zero-order valence-corrected chi connectivity index (χ0v) is 10.7. The molecule has 3 nitrogen and oxygen atoms in total. The normalized spacial score (nSPS) is 13.6. The van der Waals surface area contributed by atoms with Crippen molar-refractivity contribution in [2.45, 2.75) is 12.8 Å². The molecule has 0 bridgehead atoms. The first-order valence-corrected chi connectivity index (χ1v) is 6.27. The van der Waals surface area contributed by atoms with Gasteiger partial charge in [0.05, 0.1) is 13.7 Å². The molecule has 4 heteroatoms. The second-order valence-corrected chi connectivity index (χ2v) is 4.52. The van der Waals surface area contributed by atoms with E-state index in [-0.39, 0.29) is 5.78 Å². The Hall–Kier alpha value is -1.22. The largest absolute Gasteiger partial charge is 0.497 e. The van der Waals surface area contributed by atoms with E-state index >= 15 is 0 Å². The number of alkyl halides is 1. The lowest BCUT2D eigenvalue weighted by atomic mass is 10.1. The van der Waals surface area contributed by atoms with Gasteiger partial charge in [0.25, 0.3) is 0 Å². The number of carbonyl (C=O) groups is 1. The smallest absolute Gasteiger partial charge is 0.153 e. The molecule has 0 radical (unpaired) electrons. The quantitative estimate of drug-likeness (QED) is 0.754. The molecule has 1 aliphatic heterocycles. The summed E-state index contributed by atoms with van der Waals surface area (Å²) in [6.07, 6.45) is 1.44. The number of fused-ring (bicyclic) bond motifs is 1. The van der Waals surface area contributed by atoms with Crippen LogP contribution < -0.4 is 9.64 Å². The van der Waals surface area contributed by atoms with Gasteiger partial charge < -0.3 is 9.64 Å². The number of carbonyl (C=O) groups excluding carboxylic acids is 1. The maximum Gasteiger partial charge on any atom is 0.153 e. The minimum absolute atomic E-state index is 0.190. The van der Waals surface area contributed by atoms with E-state index < -0.39 is 0 Å². The van der Waals surface area contributed by atoms with Crippen molar-refractivity contribution in [2.24, 2.45) is 0 Å². The predicted molar refractivity (Wildman–Crippen MR) is 69.3 cm³/mol. The Balaban J connectivity index is 2.12. The highest BCUT2D eigenvalue weighted by atomic mass is 35.5. The summed E-state index contributed by atoms with van der Waals surface area (Å²) in [5.74, 6) is 1.42. The lowest BCUT2D eigenvalue weighted by Crippen LogP contribution is -2.28. The van der Waals surface area contributed by atoms with Crippen molar-refractivity contribution >= 4 is 23.1 Å². The van der Waals surface area contributed by atoms with Gasteiger partial charge >= 0.3 is 0 Å². The monoisotopic (exact) mass is 253 g/mol. The Morgan fingerprint density at radius 2 is 2.35 bits per heavy atom. The van der Waals surface area contributed by atoms with Crippen LogP contribution in [0.4, 0.5) is 5.69 Å². The van der Waals surface area contributed by atoms with Crippen molar-refractivity contribution in [3.8, 4) is 5.75 Å². The summed E-state index contributed by atoms with van der Waals surface area (Å²) in [5.41, 5.74) is 2.40. The minimum Gasteiger partial charge on any atom is -0.497 e. The average molecular weight is 254 g/mol. The third-order valence-electron chi connectivity index (χ3n) is 3.02. The van der Waals surface area contributed by atoms with Crippen LogP contribution in [0.15, 0.2) is 18.2 Å². The summed E-state index contributed by atoms with van der Waals surface area (Å²) in [7, 11) is 1.65. The van der Waals surface area contributed by atoms with Gasteiger partial charge in [0.1, 0.15) is 5.75 Å². The number of ketones is 1. The van der Waals surface area contributed by atoms with Crippen LogP contribution in [0.5, 0.6) is 5.75 Å². The van der Waals surface area contributed by atoms with Crippen molar-refractivity contribution in [3.63, 3.8) is 0 Å². The van der Waals surface area contributed by atoms with E-state index in [4.69, 9.17) is 16.3 Å². The molecule has 1 aliphatic rings. The summed E-state index contributed by atoms with van der Waals surface area (Å²) in [5, 5.41) is 0. The van der Waals surface area contributed by atoms with Crippen LogP contribution in [0.3, 0.4) is 0 Å². The average Bonchev–Trinajstić information content (AvgIpc) is 2.72. The minimum atomic E-state index is 0.190. The number of methoxy groups -OCH3 is 1. The molecule has 1 aromatic carbocycles. The fraction of sp³-hybridized carbons (Fsp3) is 0.462. The highest BCUT2D eigenvalue weighted by Crippen LogP contribution is 2.31. The van der Waals surface area contributed by atoms with E-state index in [2.05, 4.69) is 11.0 Å². The molecule has 0 saturated heterocycles. The van der Waals surface area contributed by atoms with Crippen molar-refractivity contribution < 1.29 is 9.53 Å². The molecule has 0 spiro atoms. The van der Waals surface area contributed by atoms with Crippen LogP contribution in [0.1, 0.15) is 12.0 Å². The molecule has 1 heterocycles. The van der Waals surface area contributed by atoms with E-state index in [1.54, 1.807) is 7.11 Å². The molecule has 0 fully saturated rings. The Bertz CT molecular complexity index is 420. The molecule has 0 unspecified atom stereocenters. The Kier molecular flexibility index (Phi) is 3.89. The second kappa shape index (κ2) is 5.41. The number of hydrogen-bond acceptors (Lipinski definition) is 3. The predicted octanol–water partition coefficient (Wildman–Crippen LogP) is 2.26. The van der Waals surface area contributed by atoms with Crippen molar-refractivity contribution in [1.82, 2.24) is 0 Å². The molecule has 1 aromatic rings. The van der Waals surface area contributed by atoms with Gasteiger partial charge in [-0.1, -0.05) is 6.07 Å². The summed E-state index contributed by atoms with van der Waals surface area (Å²) in [6.45, 7) is 1.35. The van der Waals surface area contributed by atoms with Crippen LogP contribution in [0.25, 0.3) is 0 Å². The molecule has 0 saturated carbocycles. The van der Waals surface area contributed by atoms with Gasteiger partial charge in [-0.15, -0.1) is 11.6 Å². The van der Waals surface area contributed by atoms with Crippen LogP contribution >= 0.6 is 11.6 Å². The number of ether oxygens (including phenoxy) is 1. The lowest BCUT2D eigenvalue weighted by Gasteiger charge is -2.18. The fourth-order valence-electron chi connectivity index (χ4n) is 2.11. The number of nitrogens with zero attached hydrogens (tertiary/aromatic N) is 1. The SMILES string of the molecule is COc1ccc2c(c1)N(CC(=O)CCCl)CC2. The molecule has 92 valence electrons. The second-order valence-electron chi connectivity index (χ2n) is 4.14. The van der Waals surface area contributed by atoms with E-state index in [9.17, 15) is 4.79 Å². The van der Waals surface area contributed by atoms with Gasteiger partial charge in [-0.05, 0) is 18.1 Å². The van der Waals surface area contributed by atoms with E-state index in [0.717, 1.165) is 24.4 Å². The molecular weight excluding hydrogens is 238 g/mol. The van der Waals surface area contributed by atoms with Gasteiger partial charge in [-0.2, -0.15) is 0 Å². The number of benzene rings is 1. The van der Waals surface area contributed by atoms with E-state index in [1.807, 2.05) is 12.1 Å². The number of halogens is 1. The third kappa shape index (κ3) is 2.72. The van der Waals surface area contributed by atoms with Crippen LogP contribution in [0, 0.1) is 0 Å². The molecule has 0 N–H and O–H groups in total. The highest BCUT2D eigenvalue weighted by molar-refractivity contribution is 6.19. The molecule has 0 atom stereocenters. The van der Waals surface area contributed by atoms with Gasteiger partial charge in [-0.25, -0.2) is 0 Å². The standard InChI is InChI=1S/C13H16ClNO2/c1-17-12-3-2-10-5-7-15(13(10)8-12)9-11(16)4-6-14/h2-3,8H,4-7,9H2,1H3. The summed E-state index contributed by atoms with van der Waals surface area (Å²) >= 11 is 5.57. The maximum atomic E-state index is 11.6. The summed E-state index contributed by atoms with van der Waals surface area (Å²) in [6, 6.07) is 6.03. The van der Waals surface area contributed by atoms with Gasteiger partial charge in [0.15, 0.2) is 5.78 Å². The first-order valence-electron chi connectivity index (χ1n) is 5.74. The fourth-order valence-corrected chi connectivity index (χ4v) is 2.32. The topological polar surface area (TPSA) is 29.5 Å². The van der Waals surface area contributed by atoms with Gasteiger partial charge in [0, 0.05) is 30.6 Å². The number of hydrogen-bond donors (Lipinski definition) is 0. The zero-order chi connectivity index (χ0) is 12.3. The Morgan fingerprint density at radius 3 is 3.06 bits per heavy atom. The number of anilines is 1. The molecule has 0 aliphatic carbocycles. The molecule has 2 rings (SSSR count). The first kappa shape index (κ1) is 12.2. The van der Waals surface area contributed by atoms with Crippen LogP contribution in [-0.4, -0.2) is 31.9 Å². The number of rotatable bonds is 5. The zero-order valence-electron chi connectivity index (χ0n) is 9.91. The van der Waals surface area contributed by atoms with E-state index in [1.165, 1.54) is 5.56 Å². The lowest BCUT2D eigenvalue weighted by molar-refractivity contribution is -0.117. The molecule has 0 aromatic heterocycles. The number of Topliss-reactive ketones (excluding diaryl/α,β-unsaturated/α-hetero) is 1. The molecular formula is C13H16ClNO2. The van der Waals surface area contributed by atoms with E-state index in [0.29, 0.717) is 18.8 Å². The van der Waals surface area contributed by atoms with Crippen molar-refractivity contribution in [1.29, 1.82) is 0 Å². The Morgan fingerprint density at radius 1 is 1.53 bits per heavy atom. The summed E-state index contributed by atoms with van der Waals surface area (Å²) in [4.78, 5) is 13.7. The van der Waals surface area contributed by atoms with Crippen LogP contribution in [0.2, 0.25) is 0 Å². The molecule has 17 heavy (non-hydrogen) atoms. The van der Waals surface area contributed by atoms with Crippen molar-refractivity contribution in [2.75, 3.05) is 31.0 Å². The van der Waals surface area contributed by atoms with Crippen molar-refractivity contribution in [3.05, 3.63) is 23.8 Å². The highest BCUT2D eigenvalue weighted by Gasteiger charge is 2.21. The Labute approximate surface area is 106 Å². The third-order valence-corrected chi connectivity index (χ3v) is 3.21. The van der Waals surface area contributed by atoms with Gasteiger partial charge in [0.2, 0.25) is 0 Å². The maximum absolute atomic E-state index is 11.6.